The standard InChI is InChI=1S/C9H11N3/c1-12(2)7-9-6-11-4-3-8(9)5-10/h3-4,6H,7H2,1-2H3. The van der Waals surface area contributed by atoms with E-state index in [1.54, 1.807) is 18.5 Å². The Balaban J connectivity index is 2.91. The maximum Gasteiger partial charge on any atom is 0.0996 e. The largest absolute Gasteiger partial charge is 0.305 e. The summed E-state index contributed by atoms with van der Waals surface area (Å²) in [5, 5.41) is 8.74. The lowest BCUT2D eigenvalue weighted by atomic mass is 10.1. The van der Waals surface area contributed by atoms with Crippen molar-refractivity contribution in [2.45, 2.75) is 6.54 Å². The van der Waals surface area contributed by atoms with Gasteiger partial charge in [-0.15, -0.1) is 0 Å². The van der Waals surface area contributed by atoms with Crippen molar-refractivity contribution in [2.24, 2.45) is 0 Å². The highest BCUT2D eigenvalue weighted by molar-refractivity contribution is 5.34. The molecule has 12 heavy (non-hydrogen) atoms. The van der Waals surface area contributed by atoms with E-state index in [2.05, 4.69) is 11.1 Å². The van der Waals surface area contributed by atoms with Crippen LogP contribution in [0.3, 0.4) is 0 Å². The molecule has 0 spiro atoms. The minimum absolute atomic E-state index is 0.707. The first kappa shape index (κ1) is 8.69. The minimum atomic E-state index is 0.707. The molecule has 1 aromatic heterocycles. The molecule has 0 N–H and O–H groups in total. The van der Waals surface area contributed by atoms with Crippen molar-refractivity contribution >= 4 is 0 Å². The van der Waals surface area contributed by atoms with Gasteiger partial charge < -0.3 is 4.90 Å². The van der Waals surface area contributed by atoms with Crippen LogP contribution in [0, 0.1) is 11.3 Å². The van der Waals surface area contributed by atoms with Gasteiger partial charge in [0.05, 0.1) is 11.6 Å². The van der Waals surface area contributed by atoms with E-state index in [1.807, 2.05) is 19.0 Å². The second-order valence-corrected chi connectivity index (χ2v) is 2.88. The molecule has 0 bridgehead atoms. The zero-order valence-electron chi connectivity index (χ0n) is 7.28. The molecule has 0 amide bonds. The number of hydrogen-bond acceptors (Lipinski definition) is 3. The number of aromatic nitrogens is 1. The van der Waals surface area contributed by atoms with Crippen LogP contribution in [-0.2, 0) is 6.54 Å². The van der Waals surface area contributed by atoms with Crippen LogP contribution in [0.4, 0.5) is 0 Å². The lowest BCUT2D eigenvalue weighted by Gasteiger charge is -2.09. The zero-order valence-corrected chi connectivity index (χ0v) is 7.28. The quantitative estimate of drug-likeness (QED) is 0.650. The summed E-state index contributed by atoms with van der Waals surface area (Å²) >= 11 is 0. The number of nitriles is 1. The maximum absolute atomic E-state index is 8.74. The van der Waals surface area contributed by atoms with Gasteiger partial charge in [0.25, 0.3) is 0 Å². The molecule has 0 aliphatic heterocycles. The molecular formula is C9H11N3. The van der Waals surface area contributed by atoms with Crippen molar-refractivity contribution in [3.8, 4) is 6.07 Å². The van der Waals surface area contributed by atoms with Gasteiger partial charge in [0.15, 0.2) is 0 Å². The number of pyridine rings is 1. The second kappa shape index (κ2) is 3.84. The lowest BCUT2D eigenvalue weighted by Crippen LogP contribution is -2.11. The van der Waals surface area contributed by atoms with Crippen molar-refractivity contribution in [1.29, 1.82) is 5.26 Å². The smallest absolute Gasteiger partial charge is 0.0996 e. The van der Waals surface area contributed by atoms with E-state index in [0.29, 0.717) is 5.56 Å². The molecule has 62 valence electrons. The third-order valence-corrected chi connectivity index (χ3v) is 1.51. The highest BCUT2D eigenvalue weighted by Crippen LogP contribution is 2.06. The Morgan fingerprint density at radius 2 is 2.33 bits per heavy atom. The molecule has 0 aromatic carbocycles. The zero-order chi connectivity index (χ0) is 8.97. The molecule has 1 rings (SSSR count). The normalized spacial score (nSPS) is 9.83. The van der Waals surface area contributed by atoms with E-state index in [-0.39, 0.29) is 0 Å². The first-order valence-corrected chi connectivity index (χ1v) is 3.71. The average molecular weight is 161 g/mol. The van der Waals surface area contributed by atoms with E-state index < -0.39 is 0 Å². The van der Waals surface area contributed by atoms with Crippen molar-refractivity contribution in [1.82, 2.24) is 9.88 Å². The minimum Gasteiger partial charge on any atom is -0.305 e. The molecule has 0 aliphatic rings. The van der Waals surface area contributed by atoms with Crippen LogP contribution in [0.5, 0.6) is 0 Å². The first-order valence-electron chi connectivity index (χ1n) is 3.71. The van der Waals surface area contributed by atoms with E-state index in [1.165, 1.54) is 0 Å². The predicted molar refractivity (Wildman–Crippen MR) is 46.3 cm³/mol. The summed E-state index contributed by atoms with van der Waals surface area (Å²) in [7, 11) is 3.93. The van der Waals surface area contributed by atoms with Crippen LogP contribution in [0.1, 0.15) is 11.1 Å². The van der Waals surface area contributed by atoms with Crippen molar-refractivity contribution in [3.63, 3.8) is 0 Å². The molecule has 3 heteroatoms. The van der Waals surface area contributed by atoms with Gasteiger partial charge >= 0.3 is 0 Å². The van der Waals surface area contributed by atoms with E-state index in [9.17, 15) is 0 Å². The van der Waals surface area contributed by atoms with Gasteiger partial charge in [-0.1, -0.05) is 0 Å². The highest BCUT2D eigenvalue weighted by Gasteiger charge is 2.01. The summed E-state index contributed by atoms with van der Waals surface area (Å²) in [6.45, 7) is 0.761. The molecular weight excluding hydrogens is 150 g/mol. The van der Waals surface area contributed by atoms with Crippen LogP contribution < -0.4 is 0 Å². The summed E-state index contributed by atoms with van der Waals surface area (Å²) in [6, 6.07) is 3.87. The van der Waals surface area contributed by atoms with Gasteiger partial charge in [-0.05, 0) is 20.2 Å². The highest BCUT2D eigenvalue weighted by atomic mass is 15.0. The van der Waals surface area contributed by atoms with Gasteiger partial charge in [0.1, 0.15) is 0 Å². The molecule has 0 saturated carbocycles. The third-order valence-electron chi connectivity index (χ3n) is 1.51. The molecule has 3 nitrogen and oxygen atoms in total. The van der Waals surface area contributed by atoms with Gasteiger partial charge in [0, 0.05) is 24.5 Å². The molecule has 0 saturated heterocycles. The van der Waals surface area contributed by atoms with Gasteiger partial charge in [0.2, 0.25) is 0 Å². The molecule has 0 radical (unpaired) electrons. The molecule has 0 aliphatic carbocycles. The van der Waals surface area contributed by atoms with Crippen molar-refractivity contribution in [2.75, 3.05) is 14.1 Å². The Morgan fingerprint density at radius 3 is 2.92 bits per heavy atom. The fraction of sp³-hybridized carbons (Fsp3) is 0.333. The van der Waals surface area contributed by atoms with Gasteiger partial charge in [-0.25, -0.2) is 0 Å². The summed E-state index contributed by atoms with van der Waals surface area (Å²) < 4.78 is 0. The Morgan fingerprint density at radius 1 is 1.58 bits per heavy atom. The molecule has 0 unspecified atom stereocenters. The maximum atomic E-state index is 8.74. The van der Waals surface area contributed by atoms with Gasteiger partial charge in [-0.3, -0.25) is 4.98 Å². The summed E-state index contributed by atoms with van der Waals surface area (Å²) in [5.74, 6) is 0. The monoisotopic (exact) mass is 161 g/mol. The number of hydrogen-bond donors (Lipinski definition) is 0. The topological polar surface area (TPSA) is 39.9 Å². The summed E-state index contributed by atoms with van der Waals surface area (Å²) in [6.07, 6.45) is 3.37. The average Bonchev–Trinajstić information content (AvgIpc) is 2.04. The first-order chi connectivity index (χ1) is 5.74. The summed E-state index contributed by atoms with van der Waals surface area (Å²) in [5.41, 5.74) is 1.68. The van der Waals surface area contributed by atoms with E-state index >= 15 is 0 Å². The second-order valence-electron chi connectivity index (χ2n) is 2.88. The SMILES string of the molecule is CN(C)Cc1cnccc1C#N. The van der Waals surface area contributed by atoms with Crippen LogP contribution in [0.2, 0.25) is 0 Å². The van der Waals surface area contributed by atoms with Crippen LogP contribution in [0.25, 0.3) is 0 Å². The van der Waals surface area contributed by atoms with Gasteiger partial charge in [-0.2, -0.15) is 5.26 Å². The Hall–Kier alpha value is -1.40. The van der Waals surface area contributed by atoms with E-state index in [4.69, 9.17) is 5.26 Å². The fourth-order valence-corrected chi connectivity index (χ4v) is 1.00. The van der Waals surface area contributed by atoms with Crippen molar-refractivity contribution < 1.29 is 0 Å². The third kappa shape index (κ3) is 2.04. The molecule has 1 aromatic rings. The molecule has 1 heterocycles. The van der Waals surface area contributed by atoms with E-state index in [0.717, 1.165) is 12.1 Å². The molecule has 0 fully saturated rings. The lowest BCUT2D eigenvalue weighted by molar-refractivity contribution is 0.401. The number of rotatable bonds is 2. The van der Waals surface area contributed by atoms with Crippen molar-refractivity contribution in [3.05, 3.63) is 29.6 Å². The van der Waals surface area contributed by atoms with Crippen LogP contribution in [-0.4, -0.2) is 24.0 Å². The number of nitrogens with zero attached hydrogens (tertiary/aromatic N) is 3. The molecule has 0 atom stereocenters. The Bertz CT molecular complexity index is 299. The Labute approximate surface area is 72.3 Å². The Kier molecular flexibility index (Phi) is 2.78. The van der Waals surface area contributed by atoms with Crippen LogP contribution >= 0.6 is 0 Å². The summed E-state index contributed by atoms with van der Waals surface area (Å²) in [4.78, 5) is 5.98. The van der Waals surface area contributed by atoms with Crippen LogP contribution in [0.15, 0.2) is 18.5 Å². The fourth-order valence-electron chi connectivity index (χ4n) is 1.00. The predicted octanol–water partition coefficient (Wildman–Crippen LogP) is 1.01.